The molecule has 9 nitrogen and oxygen atoms in total. The van der Waals surface area contributed by atoms with E-state index in [4.69, 9.17) is 4.74 Å². The van der Waals surface area contributed by atoms with Crippen LogP contribution in [0.5, 0.6) is 5.88 Å². The van der Waals surface area contributed by atoms with Crippen molar-refractivity contribution in [1.82, 2.24) is 9.78 Å². The van der Waals surface area contributed by atoms with Gasteiger partial charge in [0.2, 0.25) is 11.8 Å². The van der Waals surface area contributed by atoms with Crippen LogP contribution < -0.4 is 15.4 Å². The van der Waals surface area contributed by atoms with Crippen molar-refractivity contribution in [3.63, 3.8) is 0 Å². The van der Waals surface area contributed by atoms with Crippen LogP contribution in [0.15, 0.2) is 48.5 Å². The number of benzene rings is 2. The number of hydrogen-bond donors (Lipinski definition) is 3. The van der Waals surface area contributed by atoms with Crippen molar-refractivity contribution in [2.45, 2.75) is 31.9 Å². The highest BCUT2D eigenvalue weighted by Gasteiger charge is 2.36. The molecule has 1 saturated carbocycles. The molecule has 12 heteroatoms. The van der Waals surface area contributed by atoms with Gasteiger partial charge in [-0.3, -0.25) is 9.59 Å². The summed E-state index contributed by atoms with van der Waals surface area (Å²) in [6.07, 6.45) is -2.86. The summed E-state index contributed by atoms with van der Waals surface area (Å²) in [7, 11) is 0. The molecule has 0 saturated heterocycles. The number of nitrogens with one attached hydrogen (secondary N) is 2. The van der Waals surface area contributed by atoms with E-state index in [1.54, 1.807) is 18.2 Å². The van der Waals surface area contributed by atoms with E-state index in [9.17, 15) is 32.7 Å². The molecule has 194 valence electrons. The predicted molar refractivity (Wildman–Crippen MR) is 127 cm³/mol. The zero-order chi connectivity index (χ0) is 26.7. The average Bonchev–Trinajstić information content (AvgIpc) is 3.59. The van der Waals surface area contributed by atoms with Crippen molar-refractivity contribution in [3.05, 3.63) is 65.4 Å². The lowest BCUT2D eigenvalue weighted by atomic mass is 10.1. The Kier molecular flexibility index (Phi) is 7.18. The third-order valence-corrected chi connectivity index (χ3v) is 5.58. The van der Waals surface area contributed by atoms with Gasteiger partial charge in [-0.2, -0.15) is 18.3 Å². The van der Waals surface area contributed by atoms with Gasteiger partial charge in [0.1, 0.15) is 6.61 Å². The summed E-state index contributed by atoms with van der Waals surface area (Å²) >= 11 is 0. The van der Waals surface area contributed by atoms with Crippen molar-refractivity contribution < 1.29 is 37.4 Å². The normalized spacial score (nSPS) is 13.2. The number of aromatic nitrogens is 2. The number of hydrogen-bond acceptors (Lipinski definition) is 6. The van der Waals surface area contributed by atoms with E-state index in [2.05, 4.69) is 15.7 Å². The van der Waals surface area contributed by atoms with Crippen LogP contribution in [-0.4, -0.2) is 45.7 Å². The maximum Gasteiger partial charge on any atom is 0.435 e. The van der Waals surface area contributed by atoms with Crippen molar-refractivity contribution in [2.75, 3.05) is 23.8 Å². The number of carbonyl (C=O) groups excluding carboxylic acids is 2. The number of carboxylic acids is 1. The quantitative estimate of drug-likeness (QED) is 0.363. The number of nitrogens with zero attached hydrogens (tertiary/aromatic N) is 2. The van der Waals surface area contributed by atoms with Gasteiger partial charge in [-0.15, -0.1) is 0 Å². The first kappa shape index (κ1) is 25.7. The van der Waals surface area contributed by atoms with Crippen LogP contribution in [0.25, 0.3) is 5.69 Å². The molecule has 0 radical (unpaired) electrons. The Morgan fingerprint density at radius 2 is 1.86 bits per heavy atom. The van der Waals surface area contributed by atoms with Gasteiger partial charge >= 0.3 is 12.1 Å². The van der Waals surface area contributed by atoms with Gasteiger partial charge in [0.15, 0.2) is 11.5 Å². The van der Waals surface area contributed by atoms with E-state index in [1.807, 2.05) is 6.07 Å². The van der Waals surface area contributed by atoms with E-state index in [0.29, 0.717) is 5.69 Å². The Balaban J connectivity index is 1.48. The number of ketones is 1. The summed E-state index contributed by atoms with van der Waals surface area (Å²) in [5.74, 6) is -2.21. The average molecular weight is 516 g/mol. The molecule has 0 atom stereocenters. The molecule has 1 aromatic heterocycles. The third-order valence-electron chi connectivity index (χ3n) is 5.58. The first-order chi connectivity index (χ1) is 17.5. The topological polar surface area (TPSA) is 123 Å². The molecule has 3 aromatic rings. The highest BCUT2D eigenvalue weighted by Crippen LogP contribution is 2.43. The molecule has 4 rings (SSSR count). The van der Waals surface area contributed by atoms with Crippen molar-refractivity contribution >= 4 is 29.0 Å². The molecule has 0 aliphatic heterocycles. The highest BCUT2D eigenvalue weighted by molar-refractivity contribution is 5.98. The maximum atomic E-state index is 13.4. The van der Waals surface area contributed by atoms with Crippen LogP contribution in [0.2, 0.25) is 0 Å². The number of halogens is 3. The molecule has 1 aliphatic rings. The van der Waals surface area contributed by atoms with Gasteiger partial charge in [-0.1, -0.05) is 18.2 Å². The Morgan fingerprint density at radius 3 is 2.51 bits per heavy atom. The zero-order valence-corrected chi connectivity index (χ0v) is 19.6. The number of rotatable bonds is 10. The Bertz CT molecular complexity index is 1350. The van der Waals surface area contributed by atoms with E-state index < -0.39 is 30.2 Å². The molecule has 0 spiro atoms. The van der Waals surface area contributed by atoms with Crippen LogP contribution in [0.3, 0.4) is 0 Å². The summed E-state index contributed by atoms with van der Waals surface area (Å²) in [5.41, 5.74) is 0.365. The molecule has 2 aromatic carbocycles. The standard InChI is InChI=1S/C25H23F3N4O5/c1-14(33)30-16-8-9-20(19(10-16)24(35)36)29-12-17(34)13-37-23-11-22(25(26,27)28)31-32(23)21-5-3-2-4-18(21)15-6-7-15/h2-5,8-11,15,29H,6-7,12-13H2,1H3,(H,30,33)(H,35,36). The van der Waals surface area contributed by atoms with Crippen LogP contribution in [0.1, 0.15) is 47.3 Å². The molecule has 1 fully saturated rings. The van der Waals surface area contributed by atoms with Crippen molar-refractivity contribution in [1.29, 1.82) is 0 Å². The second-order valence-corrected chi connectivity index (χ2v) is 8.54. The fraction of sp³-hybridized carbons (Fsp3) is 0.280. The van der Waals surface area contributed by atoms with E-state index >= 15 is 0 Å². The van der Waals surface area contributed by atoms with Crippen molar-refractivity contribution in [3.8, 4) is 11.6 Å². The SMILES string of the molecule is CC(=O)Nc1ccc(NCC(=O)COc2cc(C(F)(F)F)nn2-c2ccccc2C2CC2)c(C(=O)O)c1. The van der Waals surface area contributed by atoms with Crippen LogP contribution in [0.4, 0.5) is 24.5 Å². The molecule has 0 bridgehead atoms. The maximum absolute atomic E-state index is 13.4. The smallest absolute Gasteiger partial charge is 0.435 e. The lowest BCUT2D eigenvalue weighted by Crippen LogP contribution is -2.22. The number of aromatic carboxylic acids is 1. The van der Waals surface area contributed by atoms with Crippen molar-refractivity contribution in [2.24, 2.45) is 0 Å². The number of carboxylic acid groups (broad SMARTS) is 1. The zero-order valence-electron chi connectivity index (χ0n) is 19.6. The molecular formula is C25H23F3N4O5. The number of ether oxygens (including phenoxy) is 1. The monoisotopic (exact) mass is 516 g/mol. The fourth-order valence-corrected chi connectivity index (χ4v) is 3.75. The number of amides is 1. The second-order valence-electron chi connectivity index (χ2n) is 8.54. The second kappa shape index (κ2) is 10.3. The van der Waals surface area contributed by atoms with Gasteiger partial charge in [0.25, 0.3) is 0 Å². The minimum absolute atomic E-state index is 0.123. The van der Waals surface area contributed by atoms with Gasteiger partial charge in [-0.25, -0.2) is 9.48 Å². The van der Waals surface area contributed by atoms with E-state index in [-0.39, 0.29) is 41.2 Å². The highest BCUT2D eigenvalue weighted by atomic mass is 19.4. The summed E-state index contributed by atoms with van der Waals surface area (Å²) in [6.45, 7) is 0.353. The Labute approximate surface area is 209 Å². The first-order valence-electron chi connectivity index (χ1n) is 11.3. The first-order valence-corrected chi connectivity index (χ1v) is 11.3. The molecule has 1 amide bonds. The largest absolute Gasteiger partial charge is 0.478 e. The summed E-state index contributed by atoms with van der Waals surface area (Å²) in [4.78, 5) is 35.3. The number of Topliss-reactive ketones (excluding diaryl/α,β-unsaturated/α-hetero) is 1. The number of alkyl halides is 3. The fourth-order valence-electron chi connectivity index (χ4n) is 3.75. The predicted octanol–water partition coefficient (Wildman–Crippen LogP) is 4.49. The minimum atomic E-state index is -4.71. The van der Waals surface area contributed by atoms with Gasteiger partial charge in [0, 0.05) is 24.4 Å². The van der Waals surface area contributed by atoms with E-state index in [1.165, 1.54) is 25.1 Å². The third kappa shape index (κ3) is 6.26. The molecule has 0 unspecified atom stereocenters. The van der Waals surface area contributed by atoms with Gasteiger partial charge < -0.3 is 20.5 Å². The lowest BCUT2D eigenvalue weighted by molar-refractivity contribution is -0.141. The number of para-hydroxylation sites is 1. The molecular weight excluding hydrogens is 493 g/mol. The minimum Gasteiger partial charge on any atom is -0.478 e. The number of anilines is 2. The van der Waals surface area contributed by atoms with Crippen LogP contribution in [0, 0.1) is 0 Å². The Hall–Kier alpha value is -4.35. The molecule has 37 heavy (non-hydrogen) atoms. The number of carbonyl (C=O) groups is 3. The lowest BCUT2D eigenvalue weighted by Gasteiger charge is -2.13. The summed E-state index contributed by atoms with van der Waals surface area (Å²) in [6, 6.07) is 11.8. The summed E-state index contributed by atoms with van der Waals surface area (Å²) in [5, 5.41) is 18.3. The van der Waals surface area contributed by atoms with Crippen LogP contribution >= 0.6 is 0 Å². The van der Waals surface area contributed by atoms with Gasteiger partial charge in [-0.05, 0) is 48.6 Å². The van der Waals surface area contributed by atoms with Gasteiger partial charge in [0.05, 0.1) is 17.8 Å². The van der Waals surface area contributed by atoms with E-state index in [0.717, 1.165) is 29.2 Å². The molecule has 3 N–H and O–H groups in total. The Morgan fingerprint density at radius 1 is 1.14 bits per heavy atom. The summed E-state index contributed by atoms with van der Waals surface area (Å²) < 4.78 is 46.7. The van der Waals surface area contributed by atoms with Crippen LogP contribution in [-0.2, 0) is 15.8 Å². The molecule has 1 aliphatic carbocycles. The molecule has 1 heterocycles.